The molecule has 1 unspecified atom stereocenters. The first-order valence-electron chi connectivity index (χ1n) is 13.3. The lowest BCUT2D eigenvalue weighted by Gasteiger charge is -2.34. The van der Waals surface area contributed by atoms with Crippen LogP contribution < -0.4 is 0 Å². The van der Waals surface area contributed by atoms with Gasteiger partial charge in [-0.2, -0.15) is 0 Å². The SMILES string of the molecule is OC1(c2ccc3c(c2)C(c2c#cccc2)(c2ccccc2)c2ccccc2-3)c2ccccc2-c2ccccc21. The number of hydrogen-bond acceptors (Lipinski definition) is 1. The summed E-state index contributed by atoms with van der Waals surface area (Å²) in [5, 5.41) is 12.7. The second-order valence-corrected chi connectivity index (χ2v) is 10.4. The van der Waals surface area contributed by atoms with Crippen LogP contribution in [-0.2, 0) is 11.0 Å². The molecule has 0 amide bonds. The van der Waals surface area contributed by atoms with E-state index in [0.717, 1.165) is 38.9 Å². The van der Waals surface area contributed by atoms with Gasteiger partial charge < -0.3 is 5.11 Å². The molecule has 0 heterocycles. The number of aliphatic hydroxyl groups is 1. The summed E-state index contributed by atoms with van der Waals surface area (Å²) >= 11 is 0. The third-order valence-electron chi connectivity index (χ3n) is 8.65. The number of hydrogen-bond donors (Lipinski definition) is 1. The van der Waals surface area contributed by atoms with Crippen LogP contribution in [0.2, 0.25) is 0 Å². The first kappa shape index (κ1) is 22.1. The van der Waals surface area contributed by atoms with Crippen molar-refractivity contribution < 1.29 is 5.11 Å². The zero-order chi connectivity index (χ0) is 26.0. The van der Waals surface area contributed by atoms with Gasteiger partial charge in [0.15, 0.2) is 0 Å². The molecule has 1 nitrogen and oxygen atoms in total. The average Bonchev–Trinajstić information content (AvgIpc) is 3.46. The molecule has 1 heteroatoms. The molecule has 8 rings (SSSR count). The van der Waals surface area contributed by atoms with E-state index in [2.05, 4.69) is 115 Å². The van der Waals surface area contributed by atoms with Crippen molar-refractivity contribution in [3.05, 3.63) is 191 Å². The monoisotopic (exact) mass is 496 g/mol. The molecular formula is C38H24O. The smallest absolute Gasteiger partial charge is 0.141 e. The first-order chi connectivity index (χ1) is 19.2. The Balaban J connectivity index is 1.48. The Morgan fingerprint density at radius 3 is 1.67 bits per heavy atom. The zero-order valence-corrected chi connectivity index (χ0v) is 21.2. The fraction of sp³-hybridized carbons (Fsp3) is 0.0526. The molecule has 0 bridgehead atoms. The fourth-order valence-corrected chi connectivity index (χ4v) is 7.04. The molecule has 0 radical (unpaired) electrons. The van der Waals surface area contributed by atoms with Gasteiger partial charge in [-0.3, -0.25) is 0 Å². The Bertz CT molecular complexity index is 1780. The van der Waals surface area contributed by atoms with Crippen LogP contribution in [0.1, 0.15) is 38.9 Å². The molecule has 0 saturated heterocycles. The Morgan fingerprint density at radius 1 is 0.462 bits per heavy atom. The van der Waals surface area contributed by atoms with Gasteiger partial charge in [0, 0.05) is 16.7 Å². The van der Waals surface area contributed by atoms with Gasteiger partial charge >= 0.3 is 0 Å². The van der Waals surface area contributed by atoms with Crippen LogP contribution in [0.25, 0.3) is 22.3 Å². The van der Waals surface area contributed by atoms with Crippen LogP contribution in [0, 0.1) is 12.1 Å². The highest BCUT2D eigenvalue weighted by atomic mass is 16.3. The standard InChI is InChI=1S/C38H24O/c39-38(34-21-11-8-18-30(34)31-19-9-12-22-35(31)38)28-23-24-32-29-17-7-10-20-33(29)37(36(32)25-28,26-13-3-1-4-14-26)27-15-5-2-6-16-27/h1-5,7-15,17-25,39H. The molecule has 1 atom stereocenters. The highest BCUT2D eigenvalue weighted by molar-refractivity contribution is 5.88. The summed E-state index contributed by atoms with van der Waals surface area (Å²) in [5.74, 6) is 0. The van der Waals surface area contributed by atoms with Crippen molar-refractivity contribution in [2.24, 2.45) is 0 Å². The third-order valence-corrected chi connectivity index (χ3v) is 8.65. The average molecular weight is 497 g/mol. The Morgan fingerprint density at radius 2 is 1.03 bits per heavy atom. The van der Waals surface area contributed by atoms with Gasteiger partial charge in [-0.15, -0.1) is 0 Å². The molecular weight excluding hydrogens is 472 g/mol. The van der Waals surface area contributed by atoms with E-state index in [9.17, 15) is 5.11 Å². The minimum absolute atomic E-state index is 0.588. The molecule has 2 aliphatic carbocycles. The maximum absolute atomic E-state index is 12.7. The quantitative estimate of drug-likeness (QED) is 0.263. The van der Waals surface area contributed by atoms with Crippen molar-refractivity contribution in [2.75, 3.05) is 0 Å². The van der Waals surface area contributed by atoms with Crippen LogP contribution in [0.5, 0.6) is 0 Å². The number of rotatable bonds is 3. The van der Waals surface area contributed by atoms with E-state index in [0.29, 0.717) is 0 Å². The normalized spacial score (nSPS) is 15.0. The van der Waals surface area contributed by atoms with Gasteiger partial charge in [-0.25, -0.2) is 0 Å². The van der Waals surface area contributed by atoms with E-state index < -0.39 is 11.0 Å². The van der Waals surface area contributed by atoms with E-state index in [1.54, 1.807) is 0 Å². The van der Waals surface area contributed by atoms with Crippen LogP contribution >= 0.6 is 0 Å². The second-order valence-electron chi connectivity index (χ2n) is 10.4. The predicted octanol–water partition coefficient (Wildman–Crippen LogP) is 7.91. The summed E-state index contributed by atoms with van der Waals surface area (Å²) in [5.41, 5.74) is 10.0. The van der Waals surface area contributed by atoms with Crippen LogP contribution in [0.15, 0.2) is 140 Å². The van der Waals surface area contributed by atoms with Crippen LogP contribution in [-0.4, -0.2) is 5.11 Å². The Hall–Kier alpha value is -4.90. The molecule has 39 heavy (non-hydrogen) atoms. The van der Waals surface area contributed by atoms with E-state index in [1.165, 1.54) is 22.3 Å². The van der Waals surface area contributed by atoms with Gasteiger partial charge in [0.1, 0.15) is 5.60 Å². The summed E-state index contributed by atoms with van der Waals surface area (Å²) in [6, 6.07) is 55.1. The minimum atomic E-state index is -1.26. The fourth-order valence-electron chi connectivity index (χ4n) is 7.04. The molecule has 1 N–H and O–H groups in total. The first-order valence-corrected chi connectivity index (χ1v) is 13.3. The van der Waals surface area contributed by atoms with Crippen LogP contribution in [0.3, 0.4) is 0 Å². The van der Waals surface area contributed by atoms with Crippen molar-refractivity contribution in [1.29, 1.82) is 0 Å². The minimum Gasteiger partial charge on any atom is -0.376 e. The zero-order valence-electron chi connectivity index (χ0n) is 21.2. The predicted molar refractivity (Wildman–Crippen MR) is 155 cm³/mol. The van der Waals surface area contributed by atoms with Crippen molar-refractivity contribution in [3.63, 3.8) is 0 Å². The molecule has 0 aromatic heterocycles. The van der Waals surface area contributed by atoms with Gasteiger partial charge in [-0.1, -0.05) is 133 Å². The lowest BCUT2D eigenvalue weighted by Crippen LogP contribution is -2.30. The molecule has 6 aromatic carbocycles. The van der Waals surface area contributed by atoms with Gasteiger partial charge in [-0.05, 0) is 62.7 Å². The number of fused-ring (bicyclic) bond motifs is 6. The van der Waals surface area contributed by atoms with Crippen LogP contribution in [0.4, 0.5) is 0 Å². The summed E-state index contributed by atoms with van der Waals surface area (Å²) in [6.45, 7) is 0. The molecule has 0 fully saturated rings. The summed E-state index contributed by atoms with van der Waals surface area (Å²) in [6.07, 6.45) is 0. The Labute approximate surface area is 228 Å². The largest absolute Gasteiger partial charge is 0.376 e. The van der Waals surface area contributed by atoms with Crippen molar-refractivity contribution in [1.82, 2.24) is 0 Å². The van der Waals surface area contributed by atoms with E-state index in [-0.39, 0.29) is 0 Å². The van der Waals surface area contributed by atoms with Crippen molar-refractivity contribution in [2.45, 2.75) is 11.0 Å². The Kier molecular flexibility index (Phi) is 4.56. The lowest BCUT2D eigenvalue weighted by molar-refractivity contribution is 0.130. The van der Waals surface area contributed by atoms with Gasteiger partial charge in [0.05, 0.1) is 5.41 Å². The summed E-state index contributed by atoms with van der Waals surface area (Å²) in [7, 11) is 0. The number of benzene rings is 5. The van der Waals surface area contributed by atoms with Gasteiger partial charge in [0.2, 0.25) is 0 Å². The molecule has 6 aromatic rings. The summed E-state index contributed by atoms with van der Waals surface area (Å²) < 4.78 is 0. The highest BCUT2D eigenvalue weighted by Gasteiger charge is 2.49. The maximum Gasteiger partial charge on any atom is 0.141 e. The van der Waals surface area contributed by atoms with E-state index >= 15 is 0 Å². The molecule has 0 aliphatic heterocycles. The molecule has 0 saturated carbocycles. The molecule has 0 spiro atoms. The van der Waals surface area contributed by atoms with Crippen molar-refractivity contribution >= 4 is 0 Å². The topological polar surface area (TPSA) is 20.2 Å². The highest BCUT2D eigenvalue weighted by Crippen LogP contribution is 2.58. The van der Waals surface area contributed by atoms with Crippen molar-refractivity contribution in [3.8, 4) is 22.3 Å². The third kappa shape index (κ3) is 2.79. The van der Waals surface area contributed by atoms with Gasteiger partial charge in [0.25, 0.3) is 0 Å². The molecule has 182 valence electrons. The lowest BCUT2D eigenvalue weighted by atomic mass is 9.67. The molecule has 2 aliphatic rings. The second kappa shape index (κ2) is 8.05. The summed E-state index contributed by atoms with van der Waals surface area (Å²) in [4.78, 5) is 0. The van der Waals surface area contributed by atoms with E-state index in [4.69, 9.17) is 0 Å². The van der Waals surface area contributed by atoms with E-state index in [1.807, 2.05) is 36.4 Å². The maximum atomic E-state index is 12.7.